The van der Waals surface area contributed by atoms with Crippen molar-refractivity contribution in [3.05, 3.63) is 53.6 Å². The molecule has 0 aromatic heterocycles. The van der Waals surface area contributed by atoms with E-state index < -0.39 is 9.84 Å². The Morgan fingerprint density at radius 1 is 0.980 bits per heavy atom. The van der Waals surface area contributed by atoms with E-state index >= 15 is 0 Å². The highest BCUT2D eigenvalue weighted by Crippen LogP contribution is 2.73. The lowest BCUT2D eigenvalue weighted by atomic mass is 9.34. The van der Waals surface area contributed by atoms with Gasteiger partial charge in [0.2, 0.25) is 0 Å². The highest BCUT2D eigenvalue weighted by Gasteiger charge is 2.71. The van der Waals surface area contributed by atoms with Crippen molar-refractivity contribution in [1.82, 2.24) is 10.2 Å². The number of benzene rings is 1. The molecule has 9 atom stereocenters. The van der Waals surface area contributed by atoms with Crippen LogP contribution in [-0.4, -0.2) is 75.2 Å². The van der Waals surface area contributed by atoms with E-state index in [1.807, 2.05) is 12.1 Å². The Morgan fingerprint density at radius 3 is 2.34 bits per heavy atom. The first-order valence-electron chi connectivity index (χ1n) is 19.5. The lowest BCUT2D eigenvalue weighted by Gasteiger charge is -2.72. The molecule has 4 saturated carbocycles. The number of nitrogens with one attached hydrogen (secondary N) is 1. The third kappa shape index (κ3) is 5.51. The van der Waals surface area contributed by atoms with Crippen LogP contribution >= 0.6 is 0 Å². The molecule has 1 saturated heterocycles. The van der Waals surface area contributed by atoms with Crippen LogP contribution in [0.2, 0.25) is 0 Å². The van der Waals surface area contributed by atoms with Gasteiger partial charge in [0.05, 0.1) is 24.2 Å². The first kappa shape index (κ1) is 36.4. The van der Waals surface area contributed by atoms with E-state index in [4.69, 9.17) is 10.5 Å². The monoisotopic (exact) mass is 705 g/mol. The molecule has 5 fully saturated rings. The third-order valence-electron chi connectivity index (χ3n) is 16.1. The van der Waals surface area contributed by atoms with Crippen molar-refractivity contribution in [2.24, 2.45) is 51.6 Å². The van der Waals surface area contributed by atoms with Gasteiger partial charge in [-0.2, -0.15) is 0 Å². The number of nitrogens with zero attached hydrogens (tertiary/aromatic N) is 1. The zero-order chi connectivity index (χ0) is 35.9. The lowest BCUT2D eigenvalue weighted by molar-refractivity contribution is -0.186. The van der Waals surface area contributed by atoms with Gasteiger partial charge in [-0.25, -0.2) is 13.2 Å². The molecule has 0 radical (unpaired) electrons. The van der Waals surface area contributed by atoms with Crippen molar-refractivity contribution in [1.29, 1.82) is 0 Å². The number of hydrogen-bond acceptors (Lipinski definition) is 7. The van der Waals surface area contributed by atoms with Crippen LogP contribution in [0.4, 0.5) is 0 Å². The number of fused-ring (bicyclic) bond motifs is 7. The predicted molar refractivity (Wildman–Crippen MR) is 202 cm³/mol. The SMILES string of the molecule is C=C(C)C1CCC2(NCCN3CCS(=O)(=O)CC3)CC[C@]3(N)[C@H](CC[C@@H]4[C@@]5(C)CC=C(c6ccc(C(=O)OC)cc6)C(C)(C)[C@@H]5CC[C@]43C)[C@@H]12. The second-order valence-electron chi connectivity index (χ2n) is 18.5. The first-order valence-corrected chi connectivity index (χ1v) is 21.3. The number of hydrogen-bond donors (Lipinski definition) is 2. The maximum atomic E-state index is 12.1. The summed E-state index contributed by atoms with van der Waals surface area (Å²) in [4.78, 5) is 14.5. The second-order valence-corrected chi connectivity index (χ2v) is 20.8. The van der Waals surface area contributed by atoms with Gasteiger partial charge >= 0.3 is 5.97 Å². The summed E-state index contributed by atoms with van der Waals surface area (Å²) >= 11 is 0. The van der Waals surface area contributed by atoms with Crippen LogP contribution < -0.4 is 11.1 Å². The van der Waals surface area contributed by atoms with Crippen molar-refractivity contribution in [3.63, 3.8) is 0 Å². The Bertz CT molecular complexity index is 1640. The van der Waals surface area contributed by atoms with Crippen molar-refractivity contribution < 1.29 is 17.9 Å². The van der Waals surface area contributed by atoms with E-state index in [1.165, 1.54) is 62.3 Å². The highest BCUT2D eigenvalue weighted by atomic mass is 32.2. The van der Waals surface area contributed by atoms with Gasteiger partial charge in [-0.3, -0.25) is 0 Å². The number of sulfone groups is 1. The molecule has 50 heavy (non-hydrogen) atoms. The van der Waals surface area contributed by atoms with Crippen molar-refractivity contribution >= 4 is 21.4 Å². The molecule has 0 amide bonds. The smallest absolute Gasteiger partial charge is 0.337 e. The van der Waals surface area contributed by atoms with Crippen molar-refractivity contribution in [3.8, 4) is 0 Å². The molecule has 1 aromatic carbocycles. The average Bonchev–Trinajstić information content (AvgIpc) is 3.45. The number of methoxy groups -OCH3 is 1. The summed E-state index contributed by atoms with van der Waals surface area (Å²) in [7, 11) is -1.44. The number of esters is 1. The van der Waals surface area contributed by atoms with Crippen LogP contribution in [0.1, 0.15) is 108 Å². The fourth-order valence-electron chi connectivity index (χ4n) is 13.6. The van der Waals surface area contributed by atoms with E-state index in [0.717, 1.165) is 32.4 Å². The van der Waals surface area contributed by atoms with Crippen molar-refractivity contribution in [2.45, 2.75) is 103 Å². The summed E-state index contributed by atoms with van der Waals surface area (Å²) < 4.78 is 29.0. The Labute approximate surface area is 302 Å². The predicted octanol–water partition coefficient (Wildman–Crippen LogP) is 6.89. The quantitative estimate of drug-likeness (QED) is 0.236. The summed E-state index contributed by atoms with van der Waals surface area (Å²) in [6, 6.07) is 8.02. The van der Waals surface area contributed by atoms with Gasteiger partial charge in [-0.15, -0.1) is 0 Å². The van der Waals surface area contributed by atoms with E-state index in [0.29, 0.717) is 48.2 Å². The number of allylic oxidation sites excluding steroid dienone is 3. The number of nitrogens with two attached hydrogens (primary N) is 1. The van der Waals surface area contributed by atoms with Gasteiger partial charge in [0.15, 0.2) is 9.84 Å². The van der Waals surface area contributed by atoms with Crippen LogP contribution in [0.15, 0.2) is 42.5 Å². The standard InChI is InChI=1S/C42H63N3O4S/c1-28(2)31-14-19-41(44-22-23-45-24-26-50(47,48)27-25-45)20-21-42(43)33(36(31)41)12-13-35-39(5)17-15-32(29-8-10-30(11-9-29)37(46)49-7)38(3,4)34(39)16-18-40(35,42)6/h8-11,15,31,33-36,44H,1,12-14,16-27,43H2,2-7H3/t31?,33-,34+,35-,36-,39+,40-,41?,42+/m1/s1. The molecule has 3 N–H and O–H groups in total. The molecule has 7 rings (SSSR count). The van der Waals surface area contributed by atoms with Crippen molar-refractivity contribution in [2.75, 3.05) is 44.8 Å². The minimum absolute atomic E-state index is 0.000401. The van der Waals surface area contributed by atoms with E-state index in [2.05, 4.69) is 69.6 Å². The van der Waals surface area contributed by atoms with E-state index in [-0.39, 0.29) is 44.8 Å². The zero-order valence-electron chi connectivity index (χ0n) is 31.7. The van der Waals surface area contributed by atoms with Crippen LogP contribution in [0.25, 0.3) is 5.57 Å². The molecule has 1 heterocycles. The van der Waals surface area contributed by atoms with Crippen LogP contribution in [-0.2, 0) is 14.6 Å². The summed E-state index contributed by atoms with van der Waals surface area (Å²) in [5, 5.41) is 4.16. The average molecular weight is 706 g/mol. The summed E-state index contributed by atoms with van der Waals surface area (Å²) in [5.41, 5.74) is 12.7. The number of carbonyl (C=O) groups excluding carboxylic acids is 1. The fourth-order valence-corrected chi connectivity index (χ4v) is 14.9. The Morgan fingerprint density at radius 2 is 1.68 bits per heavy atom. The van der Waals surface area contributed by atoms with Gasteiger partial charge in [-0.05, 0) is 134 Å². The first-order chi connectivity index (χ1) is 23.5. The molecule has 0 bridgehead atoms. The normalized spacial score (nSPS) is 41.9. The molecule has 6 aliphatic rings. The molecule has 8 heteroatoms. The van der Waals surface area contributed by atoms with Crippen LogP contribution in [0.5, 0.6) is 0 Å². The Hall–Kier alpha value is -2.00. The molecule has 5 aliphatic carbocycles. The van der Waals surface area contributed by atoms with Gasteiger partial charge in [0.25, 0.3) is 0 Å². The second kappa shape index (κ2) is 12.6. The minimum atomic E-state index is -2.87. The minimum Gasteiger partial charge on any atom is -0.465 e. The highest BCUT2D eigenvalue weighted by molar-refractivity contribution is 7.91. The Balaban J connectivity index is 1.14. The number of ether oxygens (including phenoxy) is 1. The zero-order valence-corrected chi connectivity index (χ0v) is 32.5. The van der Waals surface area contributed by atoms with Gasteiger partial charge in [0, 0.05) is 37.3 Å². The topological polar surface area (TPSA) is 102 Å². The van der Waals surface area contributed by atoms with Gasteiger partial charge in [-0.1, -0.05) is 58.1 Å². The molecule has 2 unspecified atom stereocenters. The molecule has 1 aromatic rings. The maximum Gasteiger partial charge on any atom is 0.337 e. The number of rotatable bonds is 7. The molecule has 0 spiro atoms. The van der Waals surface area contributed by atoms with Crippen LogP contribution in [0.3, 0.4) is 0 Å². The maximum absolute atomic E-state index is 12.1. The lowest BCUT2D eigenvalue weighted by Crippen LogP contribution is -2.75. The molecule has 1 aliphatic heterocycles. The van der Waals surface area contributed by atoms with Gasteiger partial charge in [0.1, 0.15) is 0 Å². The molecule has 276 valence electrons. The summed E-state index contributed by atoms with van der Waals surface area (Å²) in [5.74, 6) is 2.84. The van der Waals surface area contributed by atoms with E-state index in [9.17, 15) is 13.2 Å². The molecule has 7 nitrogen and oxygen atoms in total. The summed E-state index contributed by atoms with van der Waals surface area (Å²) in [6.07, 6.45) is 12.9. The van der Waals surface area contributed by atoms with Crippen LogP contribution in [0, 0.1) is 45.8 Å². The van der Waals surface area contributed by atoms with E-state index in [1.54, 1.807) is 0 Å². The number of carbonyl (C=O) groups is 1. The van der Waals surface area contributed by atoms with Gasteiger partial charge < -0.3 is 20.7 Å². The summed E-state index contributed by atoms with van der Waals surface area (Å²) in [6.45, 7) is 20.0. The third-order valence-corrected chi connectivity index (χ3v) is 17.7. The Kier molecular flexibility index (Phi) is 9.13. The molecular weight excluding hydrogens is 643 g/mol. The molecular formula is C42H63N3O4S. The largest absolute Gasteiger partial charge is 0.465 e. The fraction of sp³-hybridized carbons (Fsp3) is 0.738.